The van der Waals surface area contributed by atoms with E-state index in [-0.39, 0.29) is 0 Å². The van der Waals surface area contributed by atoms with Crippen LogP contribution in [0.2, 0.25) is 0 Å². The van der Waals surface area contributed by atoms with Gasteiger partial charge in [-0.05, 0) is 20.8 Å². The van der Waals surface area contributed by atoms with E-state index in [1.165, 1.54) is 16.2 Å². The van der Waals surface area contributed by atoms with E-state index in [0.29, 0.717) is 17.8 Å². The van der Waals surface area contributed by atoms with Gasteiger partial charge in [0.2, 0.25) is 0 Å². The molecule has 0 spiro atoms. The van der Waals surface area contributed by atoms with Gasteiger partial charge in [0.05, 0.1) is 6.54 Å². The molecule has 5 nitrogen and oxygen atoms in total. The summed E-state index contributed by atoms with van der Waals surface area (Å²) >= 11 is 1.27. The maximum absolute atomic E-state index is 11.7. The number of hydrogen-bond acceptors (Lipinski definition) is 5. The molecule has 0 aromatic carbocycles. The van der Waals surface area contributed by atoms with Crippen molar-refractivity contribution in [2.75, 3.05) is 7.05 Å². The van der Waals surface area contributed by atoms with Gasteiger partial charge in [-0.1, -0.05) is 0 Å². The third kappa shape index (κ3) is 4.52. The number of hydrogen-bond donors (Lipinski definition) is 0. The van der Waals surface area contributed by atoms with Crippen LogP contribution >= 0.6 is 11.3 Å². The van der Waals surface area contributed by atoms with Crippen molar-refractivity contribution in [1.29, 1.82) is 0 Å². The highest BCUT2D eigenvalue weighted by Gasteiger charge is 2.20. The largest absolute Gasteiger partial charge is 0.444 e. The number of rotatable bonds is 3. The Kier molecular flexibility index (Phi) is 4.22. The first-order valence-electron chi connectivity index (χ1n) is 5.16. The molecule has 1 rings (SSSR count). The Hall–Kier alpha value is -1.43. The van der Waals surface area contributed by atoms with Crippen molar-refractivity contribution in [3.8, 4) is 0 Å². The average molecular weight is 256 g/mol. The standard InChI is InChI=1S/C11H16N2O3S/c1-11(2,3)16-10(15)13(4)6-8-5-12-9(7-14)17-8/h5,7H,6H2,1-4H3. The van der Waals surface area contributed by atoms with Gasteiger partial charge >= 0.3 is 6.09 Å². The summed E-state index contributed by atoms with van der Waals surface area (Å²) in [5, 5.41) is 0.414. The van der Waals surface area contributed by atoms with E-state index in [2.05, 4.69) is 4.98 Å². The van der Waals surface area contributed by atoms with Crippen LogP contribution in [-0.2, 0) is 11.3 Å². The number of aromatic nitrogens is 1. The van der Waals surface area contributed by atoms with E-state index in [4.69, 9.17) is 4.74 Å². The van der Waals surface area contributed by atoms with Crippen molar-refractivity contribution in [1.82, 2.24) is 9.88 Å². The third-order valence-electron chi connectivity index (χ3n) is 1.77. The van der Waals surface area contributed by atoms with Crippen molar-refractivity contribution in [3.05, 3.63) is 16.1 Å². The Labute approximate surface area is 104 Å². The van der Waals surface area contributed by atoms with Gasteiger partial charge < -0.3 is 9.64 Å². The molecule has 1 aromatic rings. The third-order valence-corrected chi connectivity index (χ3v) is 2.68. The molecule has 6 heteroatoms. The molecule has 0 aliphatic rings. The lowest BCUT2D eigenvalue weighted by atomic mass is 10.2. The lowest BCUT2D eigenvalue weighted by molar-refractivity contribution is 0.0286. The van der Waals surface area contributed by atoms with Gasteiger partial charge in [0.15, 0.2) is 11.3 Å². The highest BCUT2D eigenvalue weighted by molar-refractivity contribution is 7.13. The molecular weight excluding hydrogens is 240 g/mol. The Morgan fingerprint density at radius 1 is 1.59 bits per heavy atom. The molecule has 0 radical (unpaired) electrons. The van der Waals surface area contributed by atoms with Gasteiger partial charge in [-0.15, -0.1) is 11.3 Å². The molecule has 1 heterocycles. The number of carbonyl (C=O) groups excluding carboxylic acids is 2. The monoisotopic (exact) mass is 256 g/mol. The molecule has 0 saturated carbocycles. The second-order valence-electron chi connectivity index (χ2n) is 4.62. The summed E-state index contributed by atoms with van der Waals surface area (Å²) in [6.07, 6.45) is 1.90. The molecule has 0 aliphatic heterocycles. The van der Waals surface area contributed by atoms with Crippen molar-refractivity contribution >= 4 is 23.7 Å². The first-order chi connectivity index (χ1) is 7.81. The van der Waals surface area contributed by atoms with Gasteiger partial charge in [-0.25, -0.2) is 9.78 Å². The van der Waals surface area contributed by atoms with Gasteiger partial charge in [-0.3, -0.25) is 4.79 Å². The molecule has 1 aromatic heterocycles. The number of nitrogens with zero attached hydrogens (tertiary/aromatic N) is 2. The molecule has 0 saturated heterocycles. The first kappa shape index (κ1) is 13.6. The van der Waals surface area contributed by atoms with E-state index in [1.54, 1.807) is 13.2 Å². The molecule has 17 heavy (non-hydrogen) atoms. The zero-order chi connectivity index (χ0) is 13.1. The Balaban J connectivity index is 2.56. The van der Waals surface area contributed by atoms with Crippen molar-refractivity contribution in [2.45, 2.75) is 32.9 Å². The van der Waals surface area contributed by atoms with Crippen molar-refractivity contribution in [3.63, 3.8) is 0 Å². The van der Waals surface area contributed by atoms with E-state index in [0.717, 1.165) is 4.88 Å². The molecule has 0 aliphatic carbocycles. The molecule has 0 unspecified atom stereocenters. The van der Waals surface area contributed by atoms with Crippen LogP contribution in [-0.4, -0.2) is 34.9 Å². The van der Waals surface area contributed by atoms with E-state index >= 15 is 0 Å². The van der Waals surface area contributed by atoms with Gasteiger partial charge in [0.25, 0.3) is 0 Å². The molecule has 0 atom stereocenters. The van der Waals surface area contributed by atoms with Crippen LogP contribution in [0.15, 0.2) is 6.20 Å². The van der Waals surface area contributed by atoms with Crippen LogP contribution in [0.4, 0.5) is 4.79 Å². The van der Waals surface area contributed by atoms with E-state index < -0.39 is 11.7 Å². The molecule has 0 N–H and O–H groups in total. The fourth-order valence-electron chi connectivity index (χ4n) is 1.09. The second-order valence-corrected chi connectivity index (χ2v) is 5.77. The maximum Gasteiger partial charge on any atom is 0.410 e. The topological polar surface area (TPSA) is 59.5 Å². The predicted octanol–water partition coefficient (Wildman–Crippen LogP) is 2.32. The molecule has 94 valence electrons. The minimum absolute atomic E-state index is 0.389. The summed E-state index contributed by atoms with van der Waals surface area (Å²) < 4.78 is 5.21. The smallest absolute Gasteiger partial charge is 0.410 e. The zero-order valence-corrected chi connectivity index (χ0v) is 11.2. The molecular formula is C11H16N2O3S. The fourth-order valence-corrected chi connectivity index (χ4v) is 1.87. The van der Waals surface area contributed by atoms with Crippen molar-refractivity contribution < 1.29 is 14.3 Å². The summed E-state index contributed by atoms with van der Waals surface area (Å²) in [5.74, 6) is 0. The summed E-state index contributed by atoms with van der Waals surface area (Å²) in [4.78, 5) is 28.3. The molecule has 0 bridgehead atoms. The minimum Gasteiger partial charge on any atom is -0.444 e. The number of ether oxygens (including phenoxy) is 1. The summed E-state index contributed by atoms with van der Waals surface area (Å²) in [7, 11) is 1.65. The van der Waals surface area contributed by atoms with Crippen LogP contribution in [0, 0.1) is 0 Å². The van der Waals surface area contributed by atoms with E-state index in [1.807, 2.05) is 20.8 Å². The SMILES string of the molecule is CN(Cc1cnc(C=O)s1)C(=O)OC(C)(C)C. The molecule has 0 fully saturated rings. The van der Waals surface area contributed by atoms with Crippen LogP contribution in [0.1, 0.15) is 35.5 Å². The number of aldehydes is 1. The minimum atomic E-state index is -0.507. The second kappa shape index (κ2) is 5.27. The highest BCUT2D eigenvalue weighted by Crippen LogP contribution is 2.15. The first-order valence-corrected chi connectivity index (χ1v) is 5.97. The Bertz CT molecular complexity index is 409. The number of amides is 1. The quantitative estimate of drug-likeness (QED) is 0.779. The van der Waals surface area contributed by atoms with Gasteiger partial charge in [0, 0.05) is 18.1 Å². The lowest BCUT2D eigenvalue weighted by Gasteiger charge is -2.24. The van der Waals surface area contributed by atoms with Crippen LogP contribution in [0.25, 0.3) is 0 Å². The van der Waals surface area contributed by atoms with Gasteiger partial charge in [-0.2, -0.15) is 0 Å². The van der Waals surface area contributed by atoms with Gasteiger partial charge in [0.1, 0.15) is 5.60 Å². The van der Waals surface area contributed by atoms with Crippen LogP contribution in [0.3, 0.4) is 0 Å². The zero-order valence-electron chi connectivity index (χ0n) is 10.4. The number of thiazole rings is 1. The maximum atomic E-state index is 11.7. The average Bonchev–Trinajstić information content (AvgIpc) is 2.62. The van der Waals surface area contributed by atoms with Crippen LogP contribution < -0.4 is 0 Å². The Morgan fingerprint density at radius 2 is 2.24 bits per heavy atom. The normalized spacial score (nSPS) is 11.1. The number of carbonyl (C=O) groups is 2. The van der Waals surface area contributed by atoms with Crippen LogP contribution in [0.5, 0.6) is 0 Å². The summed E-state index contributed by atoms with van der Waals surface area (Å²) in [6, 6.07) is 0. The summed E-state index contributed by atoms with van der Waals surface area (Å²) in [5.41, 5.74) is -0.507. The van der Waals surface area contributed by atoms with E-state index in [9.17, 15) is 9.59 Å². The highest BCUT2D eigenvalue weighted by atomic mass is 32.1. The van der Waals surface area contributed by atoms with Crippen molar-refractivity contribution in [2.24, 2.45) is 0 Å². The predicted molar refractivity (Wildman–Crippen MR) is 65.2 cm³/mol. The molecule has 1 amide bonds. The Morgan fingerprint density at radius 3 is 2.71 bits per heavy atom. The summed E-state index contributed by atoms with van der Waals surface area (Å²) in [6.45, 7) is 5.84. The lowest BCUT2D eigenvalue weighted by Crippen LogP contribution is -2.33. The fraction of sp³-hybridized carbons (Fsp3) is 0.545.